The number of nitrogens with one attached hydrogen (secondary N) is 1. The Morgan fingerprint density at radius 2 is 1.81 bits per heavy atom. The average Bonchev–Trinajstić information content (AvgIpc) is 3.07. The van der Waals surface area contributed by atoms with Gasteiger partial charge in [-0.3, -0.25) is 19.6 Å². The van der Waals surface area contributed by atoms with Gasteiger partial charge in [-0.25, -0.2) is 16.8 Å². The standard InChI is InChI=1S/C17H20F3N3O7S2/c18-17(19,20)12-1-2-14(15(9-12)23(25)26)22-6-3-11(4-7-22)16(24)21-32(29,30)13-5-8-31(27,28)10-13/h1-2,9,11,13H,3-8,10H2,(H,21,24)/t13-/m1/s1. The predicted molar refractivity (Wildman–Crippen MR) is 107 cm³/mol. The number of nitro groups is 1. The van der Waals surface area contributed by atoms with Gasteiger partial charge in [0.05, 0.1) is 27.2 Å². The maximum atomic E-state index is 12.9. The lowest BCUT2D eigenvalue weighted by atomic mass is 9.95. The van der Waals surface area contributed by atoms with E-state index in [0.717, 1.165) is 12.1 Å². The van der Waals surface area contributed by atoms with E-state index < -0.39 is 65.0 Å². The van der Waals surface area contributed by atoms with Crippen LogP contribution >= 0.6 is 0 Å². The molecule has 15 heteroatoms. The number of hydrogen-bond acceptors (Lipinski definition) is 8. The third kappa shape index (κ3) is 5.31. The summed E-state index contributed by atoms with van der Waals surface area (Å²) < 4.78 is 88.2. The molecule has 2 aliphatic heterocycles. The fourth-order valence-corrected chi connectivity index (χ4v) is 7.88. The van der Waals surface area contributed by atoms with Crippen LogP contribution in [0.5, 0.6) is 0 Å². The summed E-state index contributed by atoms with van der Waals surface area (Å²) in [4.78, 5) is 24.3. The summed E-state index contributed by atoms with van der Waals surface area (Å²) in [5.41, 5.74) is -1.89. The Labute approximate surface area is 181 Å². The Hall–Kier alpha value is -2.42. The number of halogens is 3. The van der Waals surface area contributed by atoms with Crippen LogP contribution in [0.15, 0.2) is 18.2 Å². The van der Waals surface area contributed by atoms with Crippen LogP contribution in [0.2, 0.25) is 0 Å². The summed E-state index contributed by atoms with van der Waals surface area (Å²) in [6.07, 6.45) is -4.61. The molecule has 0 aromatic heterocycles. The number of anilines is 1. The van der Waals surface area contributed by atoms with Crippen molar-refractivity contribution in [2.45, 2.75) is 30.7 Å². The Kier molecular flexibility index (Phi) is 6.43. The largest absolute Gasteiger partial charge is 0.416 e. The first-order chi connectivity index (χ1) is 14.7. The number of nitrogens with zero attached hydrogens (tertiary/aromatic N) is 2. The van der Waals surface area contributed by atoms with Crippen molar-refractivity contribution in [3.05, 3.63) is 33.9 Å². The van der Waals surface area contributed by atoms with E-state index >= 15 is 0 Å². The van der Waals surface area contributed by atoms with Crippen molar-refractivity contribution in [2.75, 3.05) is 29.5 Å². The quantitative estimate of drug-likeness (QED) is 0.474. The maximum absolute atomic E-state index is 12.9. The fraction of sp³-hybridized carbons (Fsp3) is 0.588. The average molecular weight is 499 g/mol. The number of sulfone groups is 1. The summed E-state index contributed by atoms with van der Waals surface area (Å²) in [5, 5.41) is 10.1. The lowest BCUT2D eigenvalue weighted by Crippen LogP contribution is -2.45. The maximum Gasteiger partial charge on any atom is 0.416 e. The van der Waals surface area contributed by atoms with E-state index in [1.807, 2.05) is 4.72 Å². The molecule has 2 fully saturated rings. The molecule has 1 atom stereocenters. The van der Waals surface area contributed by atoms with Gasteiger partial charge in [0.25, 0.3) is 5.69 Å². The van der Waals surface area contributed by atoms with Gasteiger partial charge in [-0.15, -0.1) is 0 Å². The summed E-state index contributed by atoms with van der Waals surface area (Å²) >= 11 is 0. The second-order valence-corrected chi connectivity index (χ2v) is 11.9. The molecule has 1 aromatic carbocycles. The molecule has 0 spiro atoms. The molecule has 178 valence electrons. The second kappa shape index (κ2) is 8.50. The van der Waals surface area contributed by atoms with Gasteiger partial charge < -0.3 is 4.90 Å². The Morgan fingerprint density at radius 1 is 1.19 bits per heavy atom. The highest BCUT2D eigenvalue weighted by Crippen LogP contribution is 2.37. The summed E-state index contributed by atoms with van der Waals surface area (Å²) in [6, 6.07) is 2.20. The topological polar surface area (TPSA) is 144 Å². The van der Waals surface area contributed by atoms with Crippen molar-refractivity contribution >= 4 is 37.1 Å². The molecule has 3 rings (SSSR count). The molecule has 0 bridgehead atoms. The van der Waals surface area contributed by atoms with E-state index in [0.29, 0.717) is 6.07 Å². The molecular weight excluding hydrogens is 479 g/mol. The second-order valence-electron chi connectivity index (χ2n) is 7.76. The van der Waals surface area contributed by atoms with Crippen LogP contribution < -0.4 is 9.62 Å². The minimum absolute atomic E-state index is 0.0226. The first-order valence-electron chi connectivity index (χ1n) is 9.56. The number of amides is 1. The smallest absolute Gasteiger partial charge is 0.366 e. The highest BCUT2D eigenvalue weighted by atomic mass is 32.2. The number of sulfonamides is 1. The number of piperidine rings is 1. The first kappa shape index (κ1) is 24.2. The van der Waals surface area contributed by atoms with E-state index in [1.54, 1.807) is 0 Å². The van der Waals surface area contributed by atoms with Gasteiger partial charge in [0.15, 0.2) is 9.84 Å². The molecule has 1 aromatic rings. The van der Waals surface area contributed by atoms with E-state index in [4.69, 9.17) is 0 Å². The molecule has 2 saturated heterocycles. The number of benzene rings is 1. The zero-order valence-corrected chi connectivity index (χ0v) is 18.2. The minimum Gasteiger partial charge on any atom is -0.366 e. The van der Waals surface area contributed by atoms with Crippen LogP contribution in [0.3, 0.4) is 0 Å². The SMILES string of the molecule is O=C(NS(=O)(=O)[C@@H]1CCS(=O)(=O)C1)C1CCN(c2ccc(C(F)(F)F)cc2[N+](=O)[O-])CC1. The number of rotatable bonds is 5. The van der Waals surface area contributed by atoms with Gasteiger partial charge in [-0.05, 0) is 31.4 Å². The Bertz CT molecular complexity index is 1130. The molecule has 32 heavy (non-hydrogen) atoms. The molecule has 0 unspecified atom stereocenters. The normalized spacial score (nSPS) is 22.0. The number of nitro benzene ring substituents is 1. The monoisotopic (exact) mass is 499 g/mol. The molecule has 2 heterocycles. The summed E-state index contributed by atoms with van der Waals surface area (Å²) in [5.74, 6) is -2.36. The molecule has 10 nitrogen and oxygen atoms in total. The van der Waals surface area contributed by atoms with Crippen molar-refractivity contribution in [3.63, 3.8) is 0 Å². The molecule has 0 radical (unpaired) electrons. The molecule has 0 saturated carbocycles. The van der Waals surface area contributed by atoms with E-state index in [-0.39, 0.29) is 43.8 Å². The highest BCUT2D eigenvalue weighted by Gasteiger charge is 2.40. The van der Waals surface area contributed by atoms with Crippen LogP contribution in [0, 0.1) is 16.0 Å². The van der Waals surface area contributed by atoms with Gasteiger partial charge in [-0.1, -0.05) is 0 Å². The Balaban J connectivity index is 1.66. The molecular formula is C17H20F3N3O7S2. The van der Waals surface area contributed by atoms with Crippen molar-refractivity contribution in [3.8, 4) is 0 Å². The zero-order valence-electron chi connectivity index (χ0n) is 16.5. The van der Waals surface area contributed by atoms with Gasteiger partial charge >= 0.3 is 6.18 Å². The first-order valence-corrected chi connectivity index (χ1v) is 12.9. The van der Waals surface area contributed by atoms with Crippen molar-refractivity contribution in [2.24, 2.45) is 5.92 Å². The van der Waals surface area contributed by atoms with Crippen LogP contribution in [-0.4, -0.2) is 57.5 Å². The van der Waals surface area contributed by atoms with Crippen LogP contribution in [-0.2, 0) is 30.8 Å². The van der Waals surface area contributed by atoms with Crippen LogP contribution in [0.1, 0.15) is 24.8 Å². The highest BCUT2D eigenvalue weighted by molar-refractivity contribution is 7.95. The number of carbonyl (C=O) groups is 1. The molecule has 2 aliphatic rings. The van der Waals surface area contributed by atoms with Crippen molar-refractivity contribution < 1.29 is 39.7 Å². The third-order valence-electron chi connectivity index (χ3n) is 5.58. The predicted octanol–water partition coefficient (Wildman–Crippen LogP) is 1.46. The van der Waals surface area contributed by atoms with Gasteiger partial charge in [0, 0.05) is 25.1 Å². The van der Waals surface area contributed by atoms with Crippen molar-refractivity contribution in [1.82, 2.24) is 4.72 Å². The zero-order chi connectivity index (χ0) is 23.9. The minimum atomic E-state index is -4.74. The molecule has 1 amide bonds. The summed E-state index contributed by atoms with van der Waals surface area (Å²) in [6.45, 7) is 0.171. The van der Waals surface area contributed by atoms with E-state index in [9.17, 15) is 44.9 Å². The van der Waals surface area contributed by atoms with E-state index in [2.05, 4.69) is 0 Å². The number of carbonyl (C=O) groups excluding carboxylic acids is 1. The third-order valence-corrected chi connectivity index (χ3v) is 9.32. The fourth-order valence-electron chi connectivity index (χ4n) is 3.81. The molecule has 1 N–H and O–H groups in total. The summed E-state index contributed by atoms with van der Waals surface area (Å²) in [7, 11) is -7.63. The van der Waals surface area contributed by atoms with Crippen LogP contribution in [0.4, 0.5) is 24.5 Å². The van der Waals surface area contributed by atoms with Gasteiger partial charge in [0.2, 0.25) is 15.9 Å². The number of hydrogen-bond donors (Lipinski definition) is 1. The molecule has 0 aliphatic carbocycles. The van der Waals surface area contributed by atoms with Gasteiger partial charge in [0.1, 0.15) is 5.69 Å². The van der Waals surface area contributed by atoms with Crippen molar-refractivity contribution in [1.29, 1.82) is 0 Å². The Morgan fingerprint density at radius 3 is 2.31 bits per heavy atom. The lowest BCUT2D eigenvalue weighted by Gasteiger charge is -2.32. The lowest BCUT2D eigenvalue weighted by molar-refractivity contribution is -0.384. The van der Waals surface area contributed by atoms with E-state index in [1.165, 1.54) is 4.90 Å². The van der Waals surface area contributed by atoms with Gasteiger partial charge in [-0.2, -0.15) is 13.2 Å². The van der Waals surface area contributed by atoms with Crippen LogP contribution in [0.25, 0.3) is 0 Å². The number of alkyl halides is 3.